The van der Waals surface area contributed by atoms with Crippen molar-refractivity contribution in [2.75, 3.05) is 13.2 Å². The molecule has 3 atom stereocenters. The van der Waals surface area contributed by atoms with E-state index in [9.17, 15) is 14.4 Å². The topological polar surface area (TPSA) is 126 Å². The van der Waals surface area contributed by atoms with Crippen LogP contribution in [0.4, 0.5) is 0 Å². The van der Waals surface area contributed by atoms with Gasteiger partial charge in [0.2, 0.25) is 5.91 Å². The fourth-order valence-electron chi connectivity index (χ4n) is 6.65. The Hall–Kier alpha value is -5.18. The van der Waals surface area contributed by atoms with Crippen molar-refractivity contribution < 1.29 is 29.0 Å². The van der Waals surface area contributed by atoms with Gasteiger partial charge in [-0.3, -0.25) is 9.79 Å². The molecule has 0 aliphatic carbocycles. The molecule has 1 amide bonds. The number of aliphatic imine (C=N–C) groups is 1. The average Bonchev–Trinajstić information content (AvgIpc) is 3.61. The number of carboxylic acid groups (broad SMARTS) is 1. The number of unbranched alkanes of at least 4 members (excludes halogenated alkanes) is 8. The number of amides is 1. The van der Waals surface area contributed by atoms with Crippen LogP contribution in [0.5, 0.6) is 5.75 Å². The van der Waals surface area contributed by atoms with Crippen LogP contribution in [0.2, 0.25) is 0 Å². The number of hydrogen-bond donors (Lipinski definition) is 3. The van der Waals surface area contributed by atoms with Gasteiger partial charge in [0.15, 0.2) is 6.61 Å². The summed E-state index contributed by atoms with van der Waals surface area (Å²) in [7, 11) is 0. The second kappa shape index (κ2) is 21.4. The van der Waals surface area contributed by atoms with Gasteiger partial charge in [-0.2, -0.15) is 0 Å². The van der Waals surface area contributed by atoms with E-state index in [1.165, 1.54) is 57.4 Å². The van der Waals surface area contributed by atoms with Crippen LogP contribution in [0, 0.1) is 0 Å². The van der Waals surface area contributed by atoms with E-state index in [0.29, 0.717) is 12.4 Å². The number of nitrogens with one attached hydrogen (secondary N) is 2. The van der Waals surface area contributed by atoms with Gasteiger partial charge >= 0.3 is 11.9 Å². The van der Waals surface area contributed by atoms with Crippen molar-refractivity contribution >= 4 is 36.3 Å². The number of carbonyl (C=O) groups is 3. The molecular weight excluding hydrogens is 666 g/mol. The lowest BCUT2D eigenvalue weighted by molar-refractivity contribution is -0.139. The first kappa shape index (κ1) is 40.6. The molecule has 3 aromatic carbocycles. The number of carbonyl (C=O) groups excluding carboxylic acids is 2. The molecule has 0 aromatic heterocycles. The number of nitrogens with zero attached hydrogens (tertiary/aromatic N) is 1. The Balaban J connectivity index is 1.44. The molecule has 9 nitrogen and oxygen atoms in total. The summed E-state index contributed by atoms with van der Waals surface area (Å²) in [4.78, 5) is 40.5. The van der Waals surface area contributed by atoms with Gasteiger partial charge in [0.05, 0.1) is 12.9 Å². The van der Waals surface area contributed by atoms with Crippen LogP contribution >= 0.6 is 0 Å². The Morgan fingerprint density at radius 1 is 0.811 bits per heavy atom. The first-order valence-corrected chi connectivity index (χ1v) is 19.0. The molecule has 1 heterocycles. The molecule has 1 aliphatic rings. The Bertz CT molecular complexity index is 1680. The van der Waals surface area contributed by atoms with Crippen molar-refractivity contribution in [3.8, 4) is 5.75 Å². The minimum atomic E-state index is -1.05. The summed E-state index contributed by atoms with van der Waals surface area (Å²) in [5.74, 6) is -1.11. The molecule has 3 N–H and O–H groups in total. The van der Waals surface area contributed by atoms with Crippen LogP contribution in [0.25, 0.3) is 12.2 Å². The van der Waals surface area contributed by atoms with E-state index in [0.717, 1.165) is 40.7 Å². The second-order valence-electron chi connectivity index (χ2n) is 13.6. The molecule has 9 heteroatoms. The highest BCUT2D eigenvalue weighted by Gasteiger charge is 2.45. The molecule has 0 saturated heterocycles. The quantitative estimate of drug-likeness (QED) is 0.0538. The average molecular weight is 722 g/mol. The summed E-state index contributed by atoms with van der Waals surface area (Å²) >= 11 is 0. The van der Waals surface area contributed by atoms with Gasteiger partial charge in [0.25, 0.3) is 0 Å². The van der Waals surface area contributed by atoms with Gasteiger partial charge < -0.3 is 25.2 Å². The fourth-order valence-corrected chi connectivity index (χ4v) is 6.65. The Labute approximate surface area is 314 Å². The van der Waals surface area contributed by atoms with Crippen molar-refractivity contribution in [3.63, 3.8) is 0 Å². The number of ether oxygens (including phenoxy) is 2. The maximum atomic E-state index is 12.7. The largest absolute Gasteiger partial charge is 0.482 e. The van der Waals surface area contributed by atoms with Crippen LogP contribution < -0.4 is 15.4 Å². The van der Waals surface area contributed by atoms with Gasteiger partial charge in [-0.15, -0.1) is 0 Å². The lowest BCUT2D eigenvalue weighted by Gasteiger charge is -2.36. The van der Waals surface area contributed by atoms with Crippen molar-refractivity contribution in [1.29, 1.82) is 0 Å². The highest BCUT2D eigenvalue weighted by atomic mass is 16.5. The van der Waals surface area contributed by atoms with Crippen LogP contribution in [0.1, 0.15) is 119 Å². The summed E-state index contributed by atoms with van der Waals surface area (Å²) in [5.41, 5.74) is 3.72. The first-order chi connectivity index (χ1) is 25.7. The highest BCUT2D eigenvalue weighted by molar-refractivity contribution is 5.92. The van der Waals surface area contributed by atoms with Crippen molar-refractivity contribution in [2.24, 2.45) is 4.99 Å². The van der Waals surface area contributed by atoms with E-state index in [2.05, 4.69) is 24.5 Å². The molecule has 0 saturated carbocycles. The highest BCUT2D eigenvalue weighted by Crippen LogP contribution is 2.46. The monoisotopic (exact) mass is 721 g/mol. The molecule has 0 bridgehead atoms. The molecule has 0 radical (unpaired) electrons. The van der Waals surface area contributed by atoms with E-state index in [1.807, 2.05) is 66.7 Å². The predicted molar refractivity (Wildman–Crippen MR) is 212 cm³/mol. The molecule has 0 fully saturated rings. The zero-order valence-corrected chi connectivity index (χ0v) is 31.4. The van der Waals surface area contributed by atoms with Crippen molar-refractivity contribution in [3.05, 3.63) is 113 Å². The number of carboxylic acids is 1. The molecule has 53 heavy (non-hydrogen) atoms. The number of rotatable bonds is 22. The van der Waals surface area contributed by atoms with Gasteiger partial charge in [-0.05, 0) is 72.4 Å². The van der Waals surface area contributed by atoms with Crippen LogP contribution in [0.15, 0.2) is 89.9 Å². The fraction of sp³-hybridized carbons (Fsp3) is 0.409. The van der Waals surface area contributed by atoms with Gasteiger partial charge in [0.1, 0.15) is 17.3 Å². The third-order valence-corrected chi connectivity index (χ3v) is 9.47. The van der Waals surface area contributed by atoms with E-state index in [4.69, 9.17) is 19.6 Å². The molecular formula is C44H55N3O6. The van der Waals surface area contributed by atoms with Crippen LogP contribution in [0.3, 0.4) is 0 Å². The number of esters is 1. The molecule has 3 unspecified atom stereocenters. The number of benzene rings is 3. The summed E-state index contributed by atoms with van der Waals surface area (Å²) < 4.78 is 10.4. The van der Waals surface area contributed by atoms with Gasteiger partial charge in [0, 0.05) is 18.2 Å². The Kier molecular flexibility index (Phi) is 16.4. The number of hydrogen-bond acceptors (Lipinski definition) is 7. The van der Waals surface area contributed by atoms with Crippen molar-refractivity contribution in [2.45, 2.75) is 103 Å². The maximum Gasteiger partial charge on any atom is 0.341 e. The minimum absolute atomic E-state index is 0.0996. The van der Waals surface area contributed by atoms with E-state index in [-0.39, 0.29) is 18.0 Å². The standard InChI is InChI=1S/C44H55N3O6/c1-4-6-7-8-9-10-11-12-13-14-33(3)47-40(48)29-19-34-15-21-36(22-16-34)43-44(46-32-45-43,38-25-27-39(28-26-38)53-31-41(49)50)37-23-17-35(18-24-37)20-30-42(51)52-5-2/h15-30,32-33,43H,4-14,31H2,1-3H3,(H,45,46)(H,47,48)(H,49,50)/b29-19+,30-20+. The summed E-state index contributed by atoms with van der Waals surface area (Å²) in [5, 5.41) is 15.7. The normalized spacial score (nSPS) is 17.2. The SMILES string of the molecule is CCCCCCCCCCCC(C)NC(=O)/C=C/c1ccc(C2N=CNC2(c2ccc(/C=C/C(=O)OCC)cc2)c2ccc(OCC(=O)O)cc2)cc1. The maximum absolute atomic E-state index is 12.7. The molecule has 1 aliphatic heterocycles. The van der Waals surface area contributed by atoms with E-state index < -0.39 is 24.1 Å². The third kappa shape index (κ3) is 12.5. The lowest BCUT2D eigenvalue weighted by atomic mass is 9.75. The summed E-state index contributed by atoms with van der Waals surface area (Å²) in [6.07, 6.45) is 20.8. The van der Waals surface area contributed by atoms with Gasteiger partial charge in [-0.1, -0.05) is 125 Å². The van der Waals surface area contributed by atoms with E-state index in [1.54, 1.807) is 37.5 Å². The van der Waals surface area contributed by atoms with E-state index >= 15 is 0 Å². The summed E-state index contributed by atoms with van der Waals surface area (Å²) in [6.45, 7) is 5.95. The summed E-state index contributed by atoms with van der Waals surface area (Å²) in [6, 6.07) is 23.0. The molecule has 282 valence electrons. The molecule has 4 rings (SSSR count). The first-order valence-electron chi connectivity index (χ1n) is 19.0. The smallest absolute Gasteiger partial charge is 0.341 e. The Morgan fingerprint density at radius 2 is 1.38 bits per heavy atom. The minimum Gasteiger partial charge on any atom is -0.482 e. The molecule has 0 spiro atoms. The second-order valence-corrected chi connectivity index (χ2v) is 13.6. The zero-order valence-electron chi connectivity index (χ0n) is 31.4. The Morgan fingerprint density at radius 3 is 1.98 bits per heavy atom. The lowest BCUT2D eigenvalue weighted by Crippen LogP contribution is -2.43. The van der Waals surface area contributed by atoms with Crippen LogP contribution in [-0.2, 0) is 24.7 Å². The zero-order chi connectivity index (χ0) is 37.9. The predicted octanol–water partition coefficient (Wildman–Crippen LogP) is 8.78. The molecule has 3 aromatic rings. The third-order valence-electron chi connectivity index (χ3n) is 9.47. The van der Waals surface area contributed by atoms with Crippen molar-refractivity contribution in [1.82, 2.24) is 10.6 Å². The van der Waals surface area contributed by atoms with Crippen LogP contribution in [-0.4, -0.2) is 48.5 Å². The number of aliphatic carboxylic acids is 1. The van der Waals surface area contributed by atoms with Gasteiger partial charge in [-0.25, -0.2) is 9.59 Å².